The number of carbonyl (C=O) groups is 2. The maximum absolute atomic E-state index is 13.5. The van der Waals surface area contributed by atoms with Crippen LogP contribution < -0.4 is 9.80 Å². The van der Waals surface area contributed by atoms with Crippen LogP contribution in [0.15, 0.2) is 78.9 Å². The van der Waals surface area contributed by atoms with Crippen LogP contribution in [-0.2, 0) is 16.1 Å². The van der Waals surface area contributed by atoms with Gasteiger partial charge in [-0.15, -0.1) is 0 Å². The van der Waals surface area contributed by atoms with Gasteiger partial charge in [-0.05, 0) is 41.0 Å². The van der Waals surface area contributed by atoms with E-state index < -0.39 is 0 Å². The lowest BCUT2D eigenvalue weighted by Crippen LogP contribution is -2.31. The first-order chi connectivity index (χ1) is 15.4. The maximum atomic E-state index is 13.5. The molecule has 0 atom stereocenters. The summed E-state index contributed by atoms with van der Waals surface area (Å²) < 4.78 is 0. The Hall–Kier alpha value is -3.86. The second-order valence-corrected chi connectivity index (χ2v) is 8.31. The van der Waals surface area contributed by atoms with Gasteiger partial charge in [0.25, 0.3) is 11.8 Å². The van der Waals surface area contributed by atoms with Crippen LogP contribution in [0.1, 0.15) is 16.7 Å². The highest BCUT2D eigenvalue weighted by Crippen LogP contribution is 2.37. The second-order valence-electron chi connectivity index (χ2n) is 8.31. The topological polar surface area (TPSA) is 43.9 Å². The van der Waals surface area contributed by atoms with E-state index >= 15 is 0 Å². The first kappa shape index (κ1) is 21.4. The molecule has 1 heterocycles. The molecule has 2 amide bonds. The smallest absolute Gasteiger partial charge is 0.262 e. The Morgan fingerprint density at radius 1 is 0.594 bits per heavy atom. The van der Waals surface area contributed by atoms with Crippen molar-refractivity contribution in [2.24, 2.45) is 0 Å². The third-order valence-electron chi connectivity index (χ3n) is 5.70. The number of rotatable bonds is 6. The predicted molar refractivity (Wildman–Crippen MR) is 130 cm³/mol. The molecule has 3 aromatic rings. The number of benzene rings is 3. The van der Waals surface area contributed by atoms with E-state index in [4.69, 9.17) is 0 Å². The normalized spacial score (nSPS) is 13.7. The van der Waals surface area contributed by atoms with Crippen LogP contribution in [-0.4, -0.2) is 44.9 Å². The molecule has 0 aromatic heterocycles. The molecule has 0 radical (unpaired) electrons. The van der Waals surface area contributed by atoms with Crippen molar-refractivity contribution in [3.63, 3.8) is 0 Å². The Kier molecular flexibility index (Phi) is 5.82. The molecule has 1 aliphatic rings. The van der Waals surface area contributed by atoms with Gasteiger partial charge in [-0.25, -0.2) is 0 Å². The van der Waals surface area contributed by atoms with E-state index in [1.165, 1.54) is 4.90 Å². The van der Waals surface area contributed by atoms with Crippen LogP contribution in [0.3, 0.4) is 0 Å². The van der Waals surface area contributed by atoms with Crippen molar-refractivity contribution in [3.8, 4) is 0 Å². The summed E-state index contributed by atoms with van der Waals surface area (Å²) in [5, 5.41) is 0. The molecule has 0 aliphatic carbocycles. The van der Waals surface area contributed by atoms with Crippen molar-refractivity contribution in [2.45, 2.75) is 6.54 Å². The Balaban J connectivity index is 1.80. The molecule has 1 aliphatic heterocycles. The molecule has 5 nitrogen and oxygen atoms in total. The summed E-state index contributed by atoms with van der Waals surface area (Å²) >= 11 is 0. The molecular formula is C27H27N3O2. The quantitative estimate of drug-likeness (QED) is 0.553. The van der Waals surface area contributed by atoms with Crippen molar-refractivity contribution >= 4 is 34.3 Å². The number of anilines is 2. The minimum absolute atomic E-state index is 0.247. The molecule has 0 N–H and O–H groups in total. The molecule has 3 aromatic carbocycles. The fourth-order valence-corrected chi connectivity index (χ4v) is 3.87. The number of hydrogen-bond donors (Lipinski definition) is 0. The van der Waals surface area contributed by atoms with E-state index in [2.05, 4.69) is 0 Å². The summed E-state index contributed by atoms with van der Waals surface area (Å²) in [6, 6.07) is 25.1. The number of hydrogen-bond acceptors (Lipinski definition) is 4. The molecule has 0 saturated carbocycles. The van der Waals surface area contributed by atoms with Gasteiger partial charge in [0.1, 0.15) is 0 Å². The van der Waals surface area contributed by atoms with E-state index in [0.717, 1.165) is 28.1 Å². The Bertz CT molecular complexity index is 1090. The predicted octanol–water partition coefficient (Wildman–Crippen LogP) is 4.30. The molecule has 4 rings (SSSR count). The summed E-state index contributed by atoms with van der Waals surface area (Å²) in [6.45, 7) is 0.247. The maximum Gasteiger partial charge on any atom is 0.262 e. The number of amides is 2. The highest BCUT2D eigenvalue weighted by Gasteiger charge is 2.39. The molecular weight excluding hydrogens is 398 g/mol. The number of nitrogens with zero attached hydrogens (tertiary/aromatic N) is 3. The van der Waals surface area contributed by atoms with Gasteiger partial charge in [0.2, 0.25) is 0 Å². The van der Waals surface area contributed by atoms with Crippen molar-refractivity contribution in [1.82, 2.24) is 4.90 Å². The monoisotopic (exact) mass is 425 g/mol. The molecule has 0 unspecified atom stereocenters. The van der Waals surface area contributed by atoms with Gasteiger partial charge in [-0.2, -0.15) is 0 Å². The third-order valence-corrected chi connectivity index (χ3v) is 5.70. The zero-order valence-electron chi connectivity index (χ0n) is 18.9. The summed E-state index contributed by atoms with van der Waals surface area (Å²) in [4.78, 5) is 32.4. The van der Waals surface area contributed by atoms with Gasteiger partial charge in [-0.3, -0.25) is 14.5 Å². The highest BCUT2D eigenvalue weighted by molar-refractivity contribution is 6.48. The second kappa shape index (κ2) is 8.71. The van der Waals surface area contributed by atoms with Gasteiger partial charge in [-0.1, -0.05) is 54.6 Å². The van der Waals surface area contributed by atoms with E-state index in [1.807, 2.05) is 117 Å². The standard InChI is InChI=1S/C27H27N3O2/c1-28(2)22-14-10-20(11-15-22)24-25(21-12-16-23(17-13-21)29(3)4)27(32)30(26(24)31)18-19-8-6-5-7-9-19/h5-17H,18H2,1-4H3. The lowest BCUT2D eigenvalue weighted by molar-refractivity contribution is -0.136. The first-order valence-corrected chi connectivity index (χ1v) is 10.6. The first-order valence-electron chi connectivity index (χ1n) is 10.6. The van der Waals surface area contributed by atoms with E-state index in [1.54, 1.807) is 0 Å². The summed E-state index contributed by atoms with van der Waals surface area (Å²) in [5.74, 6) is -0.522. The van der Waals surface area contributed by atoms with Gasteiger partial charge < -0.3 is 9.80 Å². The molecule has 0 fully saturated rings. The Morgan fingerprint density at radius 3 is 1.38 bits per heavy atom. The number of imide groups is 1. The van der Waals surface area contributed by atoms with Gasteiger partial charge in [0.15, 0.2) is 0 Å². The summed E-state index contributed by atoms with van der Waals surface area (Å²) in [6.07, 6.45) is 0. The van der Waals surface area contributed by atoms with Crippen LogP contribution in [0, 0.1) is 0 Å². The van der Waals surface area contributed by atoms with Crippen LogP contribution in [0.5, 0.6) is 0 Å². The van der Waals surface area contributed by atoms with Gasteiger partial charge in [0.05, 0.1) is 17.7 Å². The summed E-state index contributed by atoms with van der Waals surface area (Å²) in [5.41, 5.74) is 5.38. The fraction of sp³-hybridized carbons (Fsp3) is 0.185. The lowest BCUT2D eigenvalue weighted by atomic mass is 9.96. The van der Waals surface area contributed by atoms with Gasteiger partial charge in [0, 0.05) is 39.6 Å². The molecule has 162 valence electrons. The van der Waals surface area contributed by atoms with Crippen molar-refractivity contribution in [2.75, 3.05) is 38.0 Å². The van der Waals surface area contributed by atoms with Crippen molar-refractivity contribution in [1.29, 1.82) is 0 Å². The van der Waals surface area contributed by atoms with Gasteiger partial charge >= 0.3 is 0 Å². The lowest BCUT2D eigenvalue weighted by Gasteiger charge is -2.16. The molecule has 0 spiro atoms. The Morgan fingerprint density at radius 2 is 1.00 bits per heavy atom. The van der Waals surface area contributed by atoms with E-state index in [0.29, 0.717) is 11.1 Å². The van der Waals surface area contributed by atoms with Crippen LogP contribution in [0.25, 0.3) is 11.1 Å². The molecule has 32 heavy (non-hydrogen) atoms. The average molecular weight is 426 g/mol. The largest absolute Gasteiger partial charge is 0.378 e. The van der Waals surface area contributed by atoms with Crippen LogP contribution >= 0.6 is 0 Å². The minimum Gasteiger partial charge on any atom is -0.378 e. The van der Waals surface area contributed by atoms with Crippen molar-refractivity contribution in [3.05, 3.63) is 95.6 Å². The molecule has 0 saturated heterocycles. The summed E-state index contributed by atoms with van der Waals surface area (Å²) in [7, 11) is 7.88. The average Bonchev–Trinajstić information content (AvgIpc) is 3.04. The SMILES string of the molecule is CN(C)c1ccc(C2=C(c3ccc(N(C)C)cc3)C(=O)N(Cc3ccccc3)C2=O)cc1. The zero-order chi connectivity index (χ0) is 22.8. The van der Waals surface area contributed by atoms with Crippen LogP contribution in [0.4, 0.5) is 11.4 Å². The van der Waals surface area contributed by atoms with Crippen LogP contribution in [0.2, 0.25) is 0 Å². The number of carbonyl (C=O) groups excluding carboxylic acids is 2. The third kappa shape index (κ3) is 4.02. The Labute approximate surface area is 189 Å². The zero-order valence-corrected chi connectivity index (χ0v) is 18.9. The molecule has 0 bridgehead atoms. The molecule has 5 heteroatoms. The fourth-order valence-electron chi connectivity index (χ4n) is 3.87. The van der Waals surface area contributed by atoms with Crippen molar-refractivity contribution < 1.29 is 9.59 Å². The van der Waals surface area contributed by atoms with E-state index in [-0.39, 0.29) is 18.4 Å². The van der Waals surface area contributed by atoms with E-state index in [9.17, 15) is 9.59 Å². The highest BCUT2D eigenvalue weighted by atomic mass is 16.2. The minimum atomic E-state index is -0.261.